The first kappa shape index (κ1) is 36.2. The Morgan fingerprint density at radius 3 is 1.83 bits per heavy atom. The normalized spacial score (nSPS) is 14.4. The molecule has 14 rings (SSSR count). The molecule has 0 amide bonds. The fraction of sp³-hybridized carbons (Fsp3) is 0.0312. The first-order valence-electron chi connectivity index (χ1n) is 22.8. The van der Waals surface area contributed by atoms with E-state index in [0.29, 0.717) is 0 Å². The second kappa shape index (κ2) is 13.9. The third-order valence-corrected chi connectivity index (χ3v) is 14.7. The number of fused-ring (bicyclic) bond motifs is 12. The number of aromatic nitrogens is 1. The summed E-state index contributed by atoms with van der Waals surface area (Å²) in [7, 11) is 0. The summed E-state index contributed by atoms with van der Waals surface area (Å²) >= 11 is 0. The van der Waals surface area contributed by atoms with E-state index in [-0.39, 0.29) is 5.92 Å². The lowest BCUT2D eigenvalue weighted by Crippen LogP contribution is -2.28. The zero-order valence-electron chi connectivity index (χ0n) is 35.6. The molecule has 302 valence electrons. The standard InChI is InChI=1S/C64H41N/c1-3-20-47(21-4-1)64(48-22-5-2-6-23-48)56-27-13-11-26-53(56)62-57(64)36-35-52-54-39-44(32-34-51(54)61(63(52)62)46-31-30-41-16-7-8-18-43(41)38-46)45-33-37-60-55(40-45)50-25-12-14-28-59(50)65(60)58-29-15-19-42-17-9-10-24-49(42)58/h1-40,61H. The molecule has 0 bridgehead atoms. The monoisotopic (exact) mass is 823 g/mol. The summed E-state index contributed by atoms with van der Waals surface area (Å²) < 4.78 is 2.45. The topological polar surface area (TPSA) is 4.93 Å². The van der Waals surface area contributed by atoms with Crippen LogP contribution in [0.25, 0.3) is 82.4 Å². The predicted molar refractivity (Wildman–Crippen MR) is 271 cm³/mol. The maximum atomic E-state index is 2.48. The Bertz CT molecular complexity index is 3850. The number of hydrogen-bond acceptors (Lipinski definition) is 0. The first-order chi connectivity index (χ1) is 32.3. The molecule has 2 aliphatic rings. The van der Waals surface area contributed by atoms with Gasteiger partial charge in [-0.05, 0) is 119 Å². The van der Waals surface area contributed by atoms with Crippen LogP contribution in [0, 0.1) is 0 Å². The maximum Gasteiger partial charge on any atom is 0.0713 e. The van der Waals surface area contributed by atoms with Crippen molar-refractivity contribution in [1.82, 2.24) is 4.57 Å². The molecule has 12 aromatic rings. The lowest BCUT2D eigenvalue weighted by molar-refractivity contribution is 0.767. The third-order valence-electron chi connectivity index (χ3n) is 14.7. The molecule has 0 radical (unpaired) electrons. The Hall–Kier alpha value is -8.26. The van der Waals surface area contributed by atoms with Crippen LogP contribution in [-0.2, 0) is 5.41 Å². The van der Waals surface area contributed by atoms with E-state index >= 15 is 0 Å². The van der Waals surface area contributed by atoms with Crippen molar-refractivity contribution in [2.45, 2.75) is 11.3 Å². The molecule has 1 atom stereocenters. The van der Waals surface area contributed by atoms with Crippen LogP contribution < -0.4 is 0 Å². The lowest BCUT2D eigenvalue weighted by Gasteiger charge is -2.34. The van der Waals surface area contributed by atoms with Gasteiger partial charge in [0.25, 0.3) is 0 Å². The minimum Gasteiger partial charge on any atom is -0.309 e. The second-order valence-corrected chi connectivity index (χ2v) is 17.9. The Morgan fingerprint density at radius 1 is 0.354 bits per heavy atom. The van der Waals surface area contributed by atoms with Crippen molar-refractivity contribution >= 4 is 43.4 Å². The van der Waals surface area contributed by atoms with Crippen molar-refractivity contribution in [3.8, 4) is 39.1 Å². The molecule has 1 heteroatoms. The van der Waals surface area contributed by atoms with Crippen molar-refractivity contribution in [2.75, 3.05) is 0 Å². The van der Waals surface area contributed by atoms with Crippen LogP contribution in [0.2, 0.25) is 0 Å². The van der Waals surface area contributed by atoms with Crippen LogP contribution in [0.1, 0.15) is 44.9 Å². The van der Waals surface area contributed by atoms with E-state index in [1.165, 1.54) is 121 Å². The molecule has 0 N–H and O–H groups in total. The lowest BCUT2D eigenvalue weighted by atomic mass is 9.67. The van der Waals surface area contributed by atoms with Crippen LogP contribution in [0.5, 0.6) is 0 Å². The summed E-state index contributed by atoms with van der Waals surface area (Å²) in [5, 5.41) is 7.54. The van der Waals surface area contributed by atoms with Gasteiger partial charge in [-0.25, -0.2) is 0 Å². The SMILES string of the molecule is c1ccc(C2(c3ccccc3)c3ccccc3-c3c2ccc2c3C(c3ccc4ccccc4c3)c3ccc(-c4ccc5c(c4)c4ccccc4n5-c4cccc5ccccc45)cc3-2)cc1. The van der Waals surface area contributed by atoms with Crippen LogP contribution in [0.4, 0.5) is 0 Å². The van der Waals surface area contributed by atoms with Crippen molar-refractivity contribution in [2.24, 2.45) is 0 Å². The highest BCUT2D eigenvalue weighted by molar-refractivity contribution is 6.12. The maximum absolute atomic E-state index is 2.48. The Morgan fingerprint density at radius 2 is 1.00 bits per heavy atom. The third kappa shape index (κ3) is 5.10. The van der Waals surface area contributed by atoms with Gasteiger partial charge in [0.1, 0.15) is 0 Å². The van der Waals surface area contributed by atoms with Gasteiger partial charge in [0.05, 0.1) is 22.1 Å². The van der Waals surface area contributed by atoms with Crippen LogP contribution in [0.3, 0.4) is 0 Å². The number of hydrogen-bond donors (Lipinski definition) is 0. The van der Waals surface area contributed by atoms with Crippen molar-refractivity contribution in [1.29, 1.82) is 0 Å². The zero-order chi connectivity index (χ0) is 42.6. The summed E-state index contributed by atoms with van der Waals surface area (Å²) in [4.78, 5) is 0. The van der Waals surface area contributed by atoms with Gasteiger partial charge in [0.2, 0.25) is 0 Å². The van der Waals surface area contributed by atoms with Crippen LogP contribution >= 0.6 is 0 Å². The van der Waals surface area contributed by atoms with Gasteiger partial charge >= 0.3 is 0 Å². The largest absolute Gasteiger partial charge is 0.309 e. The number of rotatable bonds is 5. The van der Waals surface area contributed by atoms with E-state index < -0.39 is 5.41 Å². The predicted octanol–water partition coefficient (Wildman–Crippen LogP) is 16.3. The molecule has 1 unspecified atom stereocenters. The molecular weight excluding hydrogens is 783 g/mol. The zero-order valence-corrected chi connectivity index (χ0v) is 35.6. The van der Waals surface area contributed by atoms with E-state index in [9.17, 15) is 0 Å². The Labute approximate surface area is 378 Å². The summed E-state index contributed by atoms with van der Waals surface area (Å²) in [6.07, 6.45) is 0. The fourth-order valence-corrected chi connectivity index (χ4v) is 12.0. The minimum atomic E-state index is -0.474. The average molecular weight is 824 g/mol. The van der Waals surface area contributed by atoms with Gasteiger partial charge in [-0.3, -0.25) is 0 Å². The summed E-state index contributed by atoms with van der Waals surface area (Å²) in [6, 6.07) is 91.0. The van der Waals surface area contributed by atoms with E-state index in [0.717, 1.165) is 0 Å². The Balaban J connectivity index is 1.01. The first-order valence-corrected chi connectivity index (χ1v) is 22.8. The van der Waals surface area contributed by atoms with Crippen LogP contribution in [0.15, 0.2) is 243 Å². The van der Waals surface area contributed by atoms with Gasteiger partial charge in [-0.15, -0.1) is 0 Å². The van der Waals surface area contributed by atoms with E-state index in [4.69, 9.17) is 0 Å². The quantitative estimate of drug-likeness (QED) is 0.163. The molecule has 0 saturated heterocycles. The summed E-state index contributed by atoms with van der Waals surface area (Å²) in [5.74, 6) is 0.0464. The molecular formula is C64H41N. The molecule has 0 fully saturated rings. The molecule has 0 aliphatic heterocycles. The van der Waals surface area contributed by atoms with E-state index in [1.54, 1.807) is 0 Å². The van der Waals surface area contributed by atoms with Crippen molar-refractivity contribution < 1.29 is 0 Å². The van der Waals surface area contributed by atoms with E-state index in [1.807, 2.05) is 0 Å². The second-order valence-electron chi connectivity index (χ2n) is 17.9. The smallest absolute Gasteiger partial charge is 0.0713 e. The van der Waals surface area contributed by atoms with Crippen LogP contribution in [-0.4, -0.2) is 4.57 Å². The van der Waals surface area contributed by atoms with Gasteiger partial charge < -0.3 is 4.57 Å². The highest BCUT2D eigenvalue weighted by Gasteiger charge is 2.49. The number of nitrogens with zero attached hydrogens (tertiary/aromatic N) is 1. The molecule has 1 aromatic heterocycles. The molecule has 0 spiro atoms. The molecule has 0 saturated carbocycles. The highest BCUT2D eigenvalue weighted by atomic mass is 15.0. The molecule has 1 heterocycles. The van der Waals surface area contributed by atoms with Gasteiger partial charge in [0, 0.05) is 22.1 Å². The number of para-hydroxylation sites is 1. The molecule has 2 aliphatic carbocycles. The van der Waals surface area contributed by atoms with Gasteiger partial charge in [-0.1, -0.05) is 212 Å². The average Bonchev–Trinajstić information content (AvgIpc) is 4.00. The van der Waals surface area contributed by atoms with Gasteiger partial charge in [-0.2, -0.15) is 0 Å². The molecule has 65 heavy (non-hydrogen) atoms. The number of benzene rings is 11. The molecule has 1 nitrogen and oxygen atoms in total. The Kier molecular flexibility index (Phi) is 7.73. The highest BCUT2D eigenvalue weighted by Crippen LogP contribution is 2.62. The van der Waals surface area contributed by atoms with E-state index in [2.05, 4.69) is 247 Å². The summed E-state index contributed by atoms with van der Waals surface area (Å²) in [6.45, 7) is 0. The summed E-state index contributed by atoms with van der Waals surface area (Å²) in [5.41, 5.74) is 20.3. The minimum absolute atomic E-state index is 0.0464. The molecule has 11 aromatic carbocycles. The van der Waals surface area contributed by atoms with Crippen molar-refractivity contribution in [3.05, 3.63) is 282 Å². The fourth-order valence-electron chi connectivity index (χ4n) is 12.0. The van der Waals surface area contributed by atoms with Gasteiger partial charge in [0.15, 0.2) is 0 Å². The van der Waals surface area contributed by atoms with Crippen molar-refractivity contribution in [3.63, 3.8) is 0 Å².